The Morgan fingerprint density at radius 3 is 2.55 bits per heavy atom. The van der Waals surface area contributed by atoms with Crippen molar-refractivity contribution in [3.05, 3.63) is 51.7 Å². The van der Waals surface area contributed by atoms with Gasteiger partial charge in [-0.2, -0.15) is 4.98 Å². The fourth-order valence-corrected chi connectivity index (χ4v) is 2.28. The van der Waals surface area contributed by atoms with Gasteiger partial charge < -0.3 is 11.1 Å². The van der Waals surface area contributed by atoms with E-state index in [1.807, 2.05) is 31.2 Å². The summed E-state index contributed by atoms with van der Waals surface area (Å²) in [7, 11) is 0. The summed E-state index contributed by atoms with van der Waals surface area (Å²) in [5.74, 6) is 0.418. The van der Waals surface area contributed by atoms with Crippen molar-refractivity contribution in [2.75, 3.05) is 11.1 Å². The third-order valence-electron chi connectivity index (χ3n) is 3.47. The van der Waals surface area contributed by atoms with E-state index >= 15 is 0 Å². The molecule has 1 aromatic heterocycles. The van der Waals surface area contributed by atoms with Crippen LogP contribution in [0.15, 0.2) is 30.5 Å². The zero-order chi connectivity index (χ0) is 16.3. The van der Waals surface area contributed by atoms with Crippen LogP contribution in [-0.2, 0) is 0 Å². The summed E-state index contributed by atoms with van der Waals surface area (Å²) >= 11 is 0. The van der Waals surface area contributed by atoms with Gasteiger partial charge in [-0.25, -0.2) is 4.98 Å². The third kappa shape index (κ3) is 3.30. The highest BCUT2D eigenvalue weighted by molar-refractivity contribution is 5.53. The monoisotopic (exact) mass is 301 g/mol. The molecule has 22 heavy (non-hydrogen) atoms. The fourth-order valence-electron chi connectivity index (χ4n) is 2.28. The number of aromatic nitrogens is 2. The van der Waals surface area contributed by atoms with Gasteiger partial charge in [-0.3, -0.25) is 10.1 Å². The average Bonchev–Trinajstić information content (AvgIpc) is 2.45. The van der Waals surface area contributed by atoms with Crippen LogP contribution in [0.25, 0.3) is 0 Å². The Labute approximate surface area is 128 Å². The minimum absolute atomic E-state index is 0.0120. The van der Waals surface area contributed by atoms with Gasteiger partial charge in [0.1, 0.15) is 6.20 Å². The molecule has 0 bridgehead atoms. The predicted octanol–water partition coefficient (Wildman–Crippen LogP) is 3.08. The summed E-state index contributed by atoms with van der Waals surface area (Å²) in [5, 5.41) is 14.0. The number of hydrogen-bond acceptors (Lipinski definition) is 6. The SMILES string of the molecule is Cc1ccccc1C(Nc1ncc([N+](=O)[O-])c(N)n1)C(C)C. The lowest BCUT2D eigenvalue weighted by atomic mass is 9.93. The molecular formula is C15H19N5O2. The number of anilines is 2. The van der Waals surface area contributed by atoms with Crippen LogP contribution in [0, 0.1) is 23.0 Å². The van der Waals surface area contributed by atoms with Crippen LogP contribution in [0.3, 0.4) is 0 Å². The molecule has 0 aliphatic rings. The number of nitro groups is 1. The first-order valence-corrected chi connectivity index (χ1v) is 6.99. The summed E-state index contributed by atoms with van der Waals surface area (Å²) in [6, 6.07) is 8.03. The van der Waals surface area contributed by atoms with Crippen molar-refractivity contribution in [3.63, 3.8) is 0 Å². The molecule has 0 radical (unpaired) electrons. The molecule has 2 aromatic rings. The van der Waals surface area contributed by atoms with Crippen molar-refractivity contribution in [2.45, 2.75) is 26.8 Å². The van der Waals surface area contributed by atoms with Crippen molar-refractivity contribution in [2.24, 2.45) is 5.92 Å². The first kappa shape index (κ1) is 15.7. The number of benzene rings is 1. The molecule has 1 atom stereocenters. The van der Waals surface area contributed by atoms with Gasteiger partial charge in [-0.15, -0.1) is 0 Å². The van der Waals surface area contributed by atoms with Gasteiger partial charge in [0.05, 0.1) is 11.0 Å². The lowest BCUT2D eigenvalue weighted by molar-refractivity contribution is -0.384. The number of aryl methyl sites for hydroxylation is 1. The molecular weight excluding hydrogens is 282 g/mol. The standard InChI is InChI=1S/C15H19N5O2/c1-9(2)13(11-7-5-4-6-10(11)3)18-15-17-8-12(20(21)22)14(16)19-15/h4-9,13H,1-3H3,(H3,16,17,18,19). The average molecular weight is 301 g/mol. The van der Waals surface area contributed by atoms with Gasteiger partial charge >= 0.3 is 5.69 Å². The lowest BCUT2D eigenvalue weighted by Crippen LogP contribution is -2.19. The van der Waals surface area contributed by atoms with E-state index in [9.17, 15) is 10.1 Å². The maximum absolute atomic E-state index is 10.8. The molecule has 0 aliphatic heterocycles. The highest BCUT2D eigenvalue weighted by Crippen LogP contribution is 2.28. The second kappa shape index (κ2) is 6.38. The van der Waals surface area contributed by atoms with Crippen molar-refractivity contribution >= 4 is 17.5 Å². The molecule has 0 saturated heterocycles. The summed E-state index contributed by atoms with van der Waals surface area (Å²) < 4.78 is 0. The van der Waals surface area contributed by atoms with Crippen molar-refractivity contribution in [3.8, 4) is 0 Å². The van der Waals surface area contributed by atoms with Crippen LogP contribution in [0.4, 0.5) is 17.5 Å². The van der Waals surface area contributed by atoms with Crippen LogP contribution < -0.4 is 11.1 Å². The second-order valence-corrected chi connectivity index (χ2v) is 5.44. The smallest absolute Gasteiger partial charge is 0.329 e. The Balaban J connectivity index is 2.31. The summed E-state index contributed by atoms with van der Waals surface area (Å²) in [5.41, 5.74) is 7.61. The summed E-state index contributed by atoms with van der Waals surface area (Å²) in [6.45, 7) is 6.20. The van der Waals surface area contributed by atoms with E-state index in [-0.39, 0.29) is 29.4 Å². The molecule has 0 aliphatic carbocycles. The van der Waals surface area contributed by atoms with E-state index in [1.54, 1.807) is 0 Å². The third-order valence-corrected chi connectivity index (χ3v) is 3.47. The highest BCUT2D eigenvalue weighted by Gasteiger charge is 2.20. The van der Waals surface area contributed by atoms with Crippen molar-refractivity contribution in [1.82, 2.24) is 9.97 Å². The largest absolute Gasteiger partial charge is 0.378 e. The topological polar surface area (TPSA) is 107 Å². The van der Waals surface area contributed by atoms with Crippen LogP contribution in [0.5, 0.6) is 0 Å². The highest BCUT2D eigenvalue weighted by atomic mass is 16.6. The molecule has 1 unspecified atom stereocenters. The number of nitrogens with one attached hydrogen (secondary N) is 1. The van der Waals surface area contributed by atoms with Crippen molar-refractivity contribution < 1.29 is 4.92 Å². The zero-order valence-corrected chi connectivity index (χ0v) is 12.8. The molecule has 1 heterocycles. The first-order valence-electron chi connectivity index (χ1n) is 6.99. The lowest BCUT2D eigenvalue weighted by Gasteiger charge is -2.24. The van der Waals surface area contributed by atoms with E-state index in [0.29, 0.717) is 0 Å². The van der Waals surface area contributed by atoms with Crippen LogP contribution in [0.1, 0.15) is 31.0 Å². The number of nitrogen functional groups attached to an aromatic ring is 1. The summed E-state index contributed by atoms with van der Waals surface area (Å²) in [6.07, 6.45) is 1.12. The second-order valence-electron chi connectivity index (χ2n) is 5.44. The normalized spacial score (nSPS) is 12.2. The maximum atomic E-state index is 10.8. The van der Waals surface area contributed by atoms with Gasteiger partial charge in [0.25, 0.3) is 0 Å². The van der Waals surface area contributed by atoms with Gasteiger partial charge in [-0.05, 0) is 24.0 Å². The van der Waals surface area contributed by atoms with Crippen LogP contribution in [0.2, 0.25) is 0 Å². The fraction of sp³-hybridized carbons (Fsp3) is 0.333. The minimum Gasteiger partial charge on any atom is -0.378 e. The number of nitrogens with two attached hydrogens (primary N) is 1. The molecule has 0 amide bonds. The van der Waals surface area contributed by atoms with E-state index < -0.39 is 4.92 Å². The summed E-state index contributed by atoms with van der Waals surface area (Å²) in [4.78, 5) is 18.1. The Kier molecular flexibility index (Phi) is 4.55. The van der Waals surface area contributed by atoms with E-state index in [1.165, 1.54) is 0 Å². The van der Waals surface area contributed by atoms with E-state index in [2.05, 4.69) is 29.1 Å². The molecule has 1 aromatic carbocycles. The van der Waals surface area contributed by atoms with E-state index in [0.717, 1.165) is 17.3 Å². The molecule has 0 spiro atoms. The molecule has 7 nitrogen and oxygen atoms in total. The number of hydrogen-bond donors (Lipinski definition) is 2. The molecule has 116 valence electrons. The predicted molar refractivity (Wildman–Crippen MR) is 85.5 cm³/mol. The van der Waals surface area contributed by atoms with Crippen LogP contribution >= 0.6 is 0 Å². The van der Waals surface area contributed by atoms with E-state index in [4.69, 9.17) is 5.73 Å². The number of nitrogens with zero attached hydrogens (tertiary/aromatic N) is 3. The Morgan fingerprint density at radius 2 is 2.00 bits per heavy atom. The zero-order valence-electron chi connectivity index (χ0n) is 12.8. The number of rotatable bonds is 5. The molecule has 2 rings (SSSR count). The first-order chi connectivity index (χ1) is 10.4. The quantitative estimate of drug-likeness (QED) is 0.649. The Morgan fingerprint density at radius 1 is 1.32 bits per heavy atom. The van der Waals surface area contributed by atoms with Gasteiger partial charge in [0.2, 0.25) is 11.8 Å². The molecule has 7 heteroatoms. The molecule has 0 saturated carbocycles. The van der Waals surface area contributed by atoms with Gasteiger partial charge in [0, 0.05) is 0 Å². The van der Waals surface area contributed by atoms with Gasteiger partial charge in [-0.1, -0.05) is 38.1 Å². The minimum atomic E-state index is -0.597. The van der Waals surface area contributed by atoms with Gasteiger partial charge in [0.15, 0.2) is 0 Å². The Hall–Kier alpha value is -2.70. The van der Waals surface area contributed by atoms with Crippen molar-refractivity contribution in [1.29, 1.82) is 0 Å². The van der Waals surface area contributed by atoms with Crippen LogP contribution in [-0.4, -0.2) is 14.9 Å². The maximum Gasteiger partial charge on any atom is 0.329 e. The molecule has 0 fully saturated rings. The Bertz CT molecular complexity index is 687. The molecule has 3 N–H and O–H groups in total.